The lowest BCUT2D eigenvalue weighted by atomic mass is 10.0. The molecule has 0 amide bonds. The molecule has 0 aliphatic heterocycles. The van der Waals surface area contributed by atoms with Crippen LogP contribution in [0.1, 0.15) is 50.7 Å². The zero-order valence-electron chi connectivity index (χ0n) is 19.3. The van der Waals surface area contributed by atoms with Gasteiger partial charge < -0.3 is 14.2 Å². The Hall–Kier alpha value is -3.99. The van der Waals surface area contributed by atoms with Gasteiger partial charge in [-0.15, -0.1) is 0 Å². The van der Waals surface area contributed by atoms with Gasteiger partial charge >= 0.3 is 5.97 Å². The number of aryl methyl sites for hydroxylation is 2. The first-order chi connectivity index (χ1) is 16.0. The van der Waals surface area contributed by atoms with Crippen LogP contribution in [0.5, 0.6) is 5.75 Å². The van der Waals surface area contributed by atoms with Crippen LogP contribution in [-0.4, -0.2) is 26.5 Å². The van der Waals surface area contributed by atoms with E-state index in [0.29, 0.717) is 22.4 Å². The third-order valence-corrected chi connectivity index (χ3v) is 4.71. The first kappa shape index (κ1) is 23.7. The van der Waals surface area contributed by atoms with Crippen LogP contribution in [0, 0.1) is 37.5 Å². The van der Waals surface area contributed by atoms with Gasteiger partial charge in [0.1, 0.15) is 0 Å². The first-order valence-electron chi connectivity index (χ1n) is 10.6. The minimum Gasteiger partial charge on any atom is -0.465 e. The molecule has 0 aliphatic rings. The van der Waals surface area contributed by atoms with E-state index in [1.165, 1.54) is 0 Å². The van der Waals surface area contributed by atoms with Crippen LogP contribution in [0.15, 0.2) is 60.7 Å². The van der Waals surface area contributed by atoms with Gasteiger partial charge in [-0.25, -0.2) is 4.79 Å². The van der Waals surface area contributed by atoms with Crippen LogP contribution >= 0.6 is 0 Å². The quantitative estimate of drug-likeness (QED) is 0.310. The summed E-state index contributed by atoms with van der Waals surface area (Å²) >= 11 is 0. The van der Waals surface area contributed by atoms with Gasteiger partial charge in [-0.1, -0.05) is 59.1 Å². The van der Waals surface area contributed by atoms with E-state index in [1.807, 2.05) is 62.4 Å². The molecule has 4 nitrogen and oxygen atoms in total. The zero-order valence-corrected chi connectivity index (χ0v) is 19.3. The van der Waals surface area contributed by atoms with E-state index in [4.69, 9.17) is 14.2 Å². The molecule has 0 aliphatic carbocycles. The zero-order chi connectivity index (χ0) is 23.6. The summed E-state index contributed by atoms with van der Waals surface area (Å²) in [5, 5.41) is 0. The molecule has 0 saturated carbocycles. The van der Waals surface area contributed by atoms with Crippen molar-refractivity contribution in [3.63, 3.8) is 0 Å². The summed E-state index contributed by atoms with van der Waals surface area (Å²) in [5.41, 5.74) is 5.45. The Morgan fingerprint density at radius 3 is 1.70 bits per heavy atom. The fourth-order valence-electron chi connectivity index (χ4n) is 2.97. The maximum Gasteiger partial charge on any atom is 0.338 e. The molecule has 0 aromatic heterocycles. The molecule has 33 heavy (non-hydrogen) atoms. The molecule has 0 radical (unpaired) electrons. The number of rotatable bonds is 5. The van der Waals surface area contributed by atoms with Gasteiger partial charge in [0.05, 0.1) is 23.3 Å². The van der Waals surface area contributed by atoms with Crippen LogP contribution in [0.2, 0.25) is 0 Å². The average Bonchev–Trinajstić information content (AvgIpc) is 2.82. The summed E-state index contributed by atoms with van der Waals surface area (Å²) in [7, 11) is 1.54. The minimum absolute atomic E-state index is 0.0250. The molecule has 0 atom stereocenters. The number of hydrogen-bond donors (Lipinski definition) is 0. The molecule has 4 heteroatoms. The van der Waals surface area contributed by atoms with E-state index < -0.39 is 5.97 Å². The Kier molecular flexibility index (Phi) is 8.30. The summed E-state index contributed by atoms with van der Waals surface area (Å²) in [6.07, 6.45) is 0. The lowest BCUT2D eigenvalue weighted by Gasteiger charge is -2.12. The highest BCUT2D eigenvalue weighted by Crippen LogP contribution is 2.26. The van der Waals surface area contributed by atoms with E-state index in [9.17, 15) is 4.79 Å². The lowest BCUT2D eigenvalue weighted by Crippen LogP contribution is -2.08. The highest BCUT2D eigenvalue weighted by Gasteiger charge is 2.15. The van der Waals surface area contributed by atoms with Crippen molar-refractivity contribution in [1.82, 2.24) is 0 Å². The summed E-state index contributed by atoms with van der Waals surface area (Å²) in [4.78, 5) is 12.5. The van der Waals surface area contributed by atoms with Crippen molar-refractivity contribution < 1.29 is 19.0 Å². The highest BCUT2D eigenvalue weighted by molar-refractivity contribution is 5.91. The molecule has 3 rings (SSSR count). The number of ether oxygens (including phenoxy) is 3. The minimum atomic E-state index is -0.437. The summed E-state index contributed by atoms with van der Waals surface area (Å²) in [6, 6.07) is 19.1. The molecule has 0 unspecified atom stereocenters. The predicted octanol–water partition coefficient (Wildman–Crippen LogP) is 5.26. The number of hydrogen-bond acceptors (Lipinski definition) is 4. The van der Waals surface area contributed by atoms with E-state index in [1.54, 1.807) is 26.2 Å². The molecule has 0 N–H and O–H groups in total. The highest BCUT2D eigenvalue weighted by atomic mass is 16.7. The topological polar surface area (TPSA) is 44.8 Å². The summed E-state index contributed by atoms with van der Waals surface area (Å²) < 4.78 is 16.2. The van der Waals surface area contributed by atoms with Crippen LogP contribution in [0.3, 0.4) is 0 Å². The number of esters is 1. The van der Waals surface area contributed by atoms with E-state index in [-0.39, 0.29) is 13.4 Å². The van der Waals surface area contributed by atoms with Crippen molar-refractivity contribution >= 4 is 5.97 Å². The second-order valence-corrected chi connectivity index (χ2v) is 7.40. The average molecular weight is 439 g/mol. The molecule has 0 spiro atoms. The second-order valence-electron chi connectivity index (χ2n) is 7.40. The maximum absolute atomic E-state index is 12.5. The first-order valence-corrected chi connectivity index (χ1v) is 10.6. The third kappa shape index (κ3) is 6.74. The van der Waals surface area contributed by atoms with Crippen molar-refractivity contribution in [3.05, 3.63) is 99.6 Å². The van der Waals surface area contributed by atoms with Gasteiger partial charge in [0.2, 0.25) is 0 Å². The van der Waals surface area contributed by atoms with Gasteiger partial charge in [0.25, 0.3) is 0 Å². The smallest absolute Gasteiger partial charge is 0.338 e. The molecule has 0 bridgehead atoms. The van der Waals surface area contributed by atoms with Crippen LogP contribution in [0.25, 0.3) is 0 Å². The number of carbonyl (C=O) groups is 1. The molecule has 0 saturated heterocycles. The van der Waals surface area contributed by atoms with Crippen molar-refractivity contribution in [2.24, 2.45) is 0 Å². The van der Waals surface area contributed by atoms with E-state index in [0.717, 1.165) is 22.3 Å². The Bertz CT molecular complexity index is 1150. The number of methoxy groups -OCH3 is 1. The number of carbonyl (C=O) groups excluding carboxylic acids is 1. The van der Waals surface area contributed by atoms with Crippen LogP contribution in [-0.2, 0) is 9.47 Å². The molecule has 0 heterocycles. The van der Waals surface area contributed by atoms with Gasteiger partial charge in [-0.05, 0) is 57.2 Å². The predicted molar refractivity (Wildman–Crippen MR) is 129 cm³/mol. The Morgan fingerprint density at radius 1 is 0.788 bits per heavy atom. The van der Waals surface area contributed by atoms with Crippen molar-refractivity contribution in [2.45, 2.75) is 20.8 Å². The van der Waals surface area contributed by atoms with Gasteiger partial charge in [0.15, 0.2) is 12.5 Å². The van der Waals surface area contributed by atoms with E-state index in [2.05, 4.69) is 23.7 Å². The molecule has 166 valence electrons. The summed E-state index contributed by atoms with van der Waals surface area (Å²) in [5.74, 6) is 12.6. The molecule has 3 aromatic rings. The van der Waals surface area contributed by atoms with Crippen molar-refractivity contribution in [1.29, 1.82) is 0 Å². The van der Waals surface area contributed by atoms with Crippen LogP contribution in [0.4, 0.5) is 0 Å². The van der Waals surface area contributed by atoms with Gasteiger partial charge in [-0.3, -0.25) is 0 Å². The van der Waals surface area contributed by atoms with Crippen molar-refractivity contribution in [3.8, 4) is 29.4 Å². The molecular weight excluding hydrogens is 412 g/mol. The summed E-state index contributed by atoms with van der Waals surface area (Å²) in [6.45, 7) is 6.11. The van der Waals surface area contributed by atoms with E-state index >= 15 is 0 Å². The molecule has 3 aromatic carbocycles. The Labute approximate surface area is 195 Å². The molecule has 0 fully saturated rings. The second kappa shape index (κ2) is 11.6. The largest absolute Gasteiger partial charge is 0.465 e. The normalized spacial score (nSPS) is 9.82. The van der Waals surface area contributed by atoms with Gasteiger partial charge in [-0.2, -0.15) is 0 Å². The number of benzene rings is 3. The molecular formula is C29H26O4. The fourth-order valence-corrected chi connectivity index (χ4v) is 2.97. The van der Waals surface area contributed by atoms with Crippen LogP contribution < -0.4 is 4.74 Å². The maximum atomic E-state index is 12.5. The monoisotopic (exact) mass is 438 g/mol. The Morgan fingerprint density at radius 2 is 1.27 bits per heavy atom. The SMILES string of the molecule is CCOC(=O)c1cc(C#Cc2ccc(C)cc2)c(OCOC)c(C#Cc2ccc(C)cc2)c1. The Balaban J connectivity index is 2.13. The fraction of sp³-hybridized carbons (Fsp3) is 0.207. The standard InChI is InChI=1S/C29H26O4/c1-5-32-29(30)27-18-25(16-14-23-10-6-21(2)7-11-23)28(33-20-31-4)26(19-27)17-15-24-12-8-22(3)9-13-24/h6-13,18-19H,5,20H2,1-4H3. The third-order valence-electron chi connectivity index (χ3n) is 4.71. The van der Waals surface area contributed by atoms with Gasteiger partial charge in [0, 0.05) is 18.2 Å². The van der Waals surface area contributed by atoms with Crippen molar-refractivity contribution in [2.75, 3.05) is 20.5 Å². The lowest BCUT2D eigenvalue weighted by molar-refractivity contribution is 0.0504.